The van der Waals surface area contributed by atoms with Gasteiger partial charge in [-0.2, -0.15) is 5.26 Å². The van der Waals surface area contributed by atoms with E-state index in [-0.39, 0.29) is 5.69 Å². The van der Waals surface area contributed by atoms with E-state index < -0.39 is 5.82 Å². The fraction of sp³-hybridized carbons (Fsp3) is 0.333. The number of nitrogens with zero attached hydrogens (tertiary/aromatic N) is 3. The molecule has 3 aromatic rings. The summed E-state index contributed by atoms with van der Waals surface area (Å²) in [6.45, 7) is 3.86. The SMILES string of the molecule is N#Cc1cc2c(Oc3ccc(N)c(F)c3)ccnc2cc1OCCCN1CCCCC1. The molecule has 0 aliphatic carbocycles. The molecule has 1 aliphatic heterocycles. The number of halogens is 1. The number of benzene rings is 2. The molecule has 2 heterocycles. The molecule has 2 aromatic carbocycles. The Hall–Kier alpha value is -3.37. The highest BCUT2D eigenvalue weighted by atomic mass is 19.1. The summed E-state index contributed by atoms with van der Waals surface area (Å²) in [4.78, 5) is 6.84. The molecule has 2 N–H and O–H groups in total. The van der Waals surface area contributed by atoms with Crippen molar-refractivity contribution in [2.75, 3.05) is 32.0 Å². The lowest BCUT2D eigenvalue weighted by Gasteiger charge is -2.26. The van der Waals surface area contributed by atoms with Crippen LogP contribution in [0.25, 0.3) is 10.9 Å². The fourth-order valence-corrected chi connectivity index (χ4v) is 3.80. The first-order valence-corrected chi connectivity index (χ1v) is 10.5. The zero-order chi connectivity index (χ0) is 21.6. The lowest BCUT2D eigenvalue weighted by molar-refractivity contribution is 0.205. The standard InChI is InChI=1S/C24H25FN4O2/c25-20-14-18(5-6-21(20)27)31-23-7-8-28-22-15-24(17(16-26)13-19(22)23)30-12-4-11-29-9-2-1-3-10-29/h5-8,13-15H,1-4,9-12,27H2. The smallest absolute Gasteiger partial charge is 0.149 e. The number of rotatable bonds is 7. The van der Waals surface area contributed by atoms with Gasteiger partial charge < -0.3 is 20.1 Å². The monoisotopic (exact) mass is 420 g/mol. The summed E-state index contributed by atoms with van der Waals surface area (Å²) < 4.78 is 25.5. The molecule has 31 heavy (non-hydrogen) atoms. The van der Waals surface area contributed by atoms with Gasteiger partial charge in [-0.25, -0.2) is 4.39 Å². The molecule has 0 amide bonds. The van der Waals surface area contributed by atoms with Gasteiger partial charge in [0.2, 0.25) is 0 Å². The van der Waals surface area contributed by atoms with Gasteiger partial charge in [0.15, 0.2) is 0 Å². The normalized spacial score (nSPS) is 14.3. The third kappa shape index (κ3) is 5.04. The Labute approximate surface area is 181 Å². The molecule has 0 unspecified atom stereocenters. The van der Waals surface area contributed by atoms with Gasteiger partial charge in [-0.15, -0.1) is 0 Å². The molecular weight excluding hydrogens is 395 g/mol. The van der Waals surface area contributed by atoms with E-state index in [4.69, 9.17) is 15.2 Å². The number of pyridine rings is 1. The Morgan fingerprint density at radius 2 is 1.94 bits per heavy atom. The minimum absolute atomic E-state index is 0.0563. The Bertz CT molecular complexity index is 1110. The largest absolute Gasteiger partial charge is 0.492 e. The molecule has 1 fully saturated rings. The second-order valence-corrected chi connectivity index (χ2v) is 7.68. The van der Waals surface area contributed by atoms with Crippen LogP contribution in [0.15, 0.2) is 42.6 Å². The number of fused-ring (bicyclic) bond motifs is 1. The van der Waals surface area contributed by atoms with E-state index in [0.717, 1.165) is 26.1 Å². The van der Waals surface area contributed by atoms with Gasteiger partial charge in [0, 0.05) is 30.3 Å². The maximum absolute atomic E-state index is 13.8. The maximum Gasteiger partial charge on any atom is 0.149 e. The number of anilines is 1. The van der Waals surface area contributed by atoms with Crippen molar-refractivity contribution in [1.29, 1.82) is 5.26 Å². The highest BCUT2D eigenvalue weighted by molar-refractivity contribution is 5.88. The van der Waals surface area contributed by atoms with Crippen LogP contribution in [0.1, 0.15) is 31.2 Å². The summed E-state index contributed by atoms with van der Waals surface area (Å²) >= 11 is 0. The van der Waals surface area contributed by atoms with E-state index in [1.165, 1.54) is 31.4 Å². The summed E-state index contributed by atoms with van der Waals surface area (Å²) in [6.07, 6.45) is 6.37. The van der Waals surface area contributed by atoms with Crippen molar-refractivity contribution >= 4 is 16.6 Å². The maximum atomic E-state index is 13.8. The topological polar surface area (TPSA) is 84.4 Å². The Balaban J connectivity index is 1.49. The molecule has 0 saturated carbocycles. The van der Waals surface area contributed by atoms with Crippen molar-refractivity contribution in [3.8, 4) is 23.3 Å². The zero-order valence-electron chi connectivity index (χ0n) is 17.3. The van der Waals surface area contributed by atoms with Crippen LogP contribution in [0.4, 0.5) is 10.1 Å². The van der Waals surface area contributed by atoms with E-state index >= 15 is 0 Å². The lowest BCUT2D eigenvalue weighted by Crippen LogP contribution is -2.31. The minimum Gasteiger partial charge on any atom is -0.492 e. The van der Waals surface area contributed by atoms with Crippen molar-refractivity contribution in [2.45, 2.75) is 25.7 Å². The number of hydrogen-bond donors (Lipinski definition) is 1. The number of hydrogen-bond acceptors (Lipinski definition) is 6. The molecular formula is C24H25FN4O2. The number of nitrogen functional groups attached to an aromatic ring is 1. The highest BCUT2D eigenvalue weighted by Gasteiger charge is 2.13. The summed E-state index contributed by atoms with van der Waals surface area (Å²) in [5.41, 5.74) is 6.63. The van der Waals surface area contributed by atoms with Gasteiger partial charge in [-0.05, 0) is 56.6 Å². The van der Waals surface area contributed by atoms with Gasteiger partial charge in [0.05, 0.1) is 23.4 Å². The summed E-state index contributed by atoms with van der Waals surface area (Å²) in [7, 11) is 0. The number of likely N-dealkylation sites (tertiary alicyclic amines) is 1. The molecule has 1 aromatic heterocycles. The van der Waals surface area contributed by atoms with Gasteiger partial charge in [-0.1, -0.05) is 6.42 Å². The molecule has 0 spiro atoms. The van der Waals surface area contributed by atoms with Crippen molar-refractivity contribution < 1.29 is 13.9 Å². The number of piperidine rings is 1. The van der Waals surface area contributed by atoms with Crippen molar-refractivity contribution in [2.24, 2.45) is 0 Å². The van der Waals surface area contributed by atoms with Crippen LogP contribution >= 0.6 is 0 Å². The number of nitrogens with two attached hydrogens (primary N) is 1. The Morgan fingerprint density at radius 3 is 2.71 bits per heavy atom. The molecule has 6 nitrogen and oxygen atoms in total. The summed E-state index contributed by atoms with van der Waals surface area (Å²) in [6, 6.07) is 11.6. The first-order valence-electron chi connectivity index (χ1n) is 10.5. The number of nitriles is 1. The first-order chi connectivity index (χ1) is 15.1. The Kier molecular flexibility index (Phi) is 6.48. The zero-order valence-corrected chi connectivity index (χ0v) is 17.3. The molecule has 1 aliphatic rings. The van der Waals surface area contributed by atoms with Crippen LogP contribution in [0.5, 0.6) is 17.2 Å². The predicted molar refractivity (Wildman–Crippen MR) is 118 cm³/mol. The van der Waals surface area contributed by atoms with E-state index in [1.807, 2.05) is 0 Å². The summed E-state index contributed by atoms with van der Waals surface area (Å²) in [5, 5.41) is 10.3. The van der Waals surface area contributed by atoms with Crippen molar-refractivity contribution in [3.05, 3.63) is 54.0 Å². The van der Waals surface area contributed by atoms with Crippen LogP contribution < -0.4 is 15.2 Å². The van der Waals surface area contributed by atoms with E-state index in [2.05, 4.69) is 16.0 Å². The van der Waals surface area contributed by atoms with Crippen molar-refractivity contribution in [3.63, 3.8) is 0 Å². The third-order valence-electron chi connectivity index (χ3n) is 5.45. The van der Waals surface area contributed by atoms with E-state index in [9.17, 15) is 9.65 Å². The molecule has 0 atom stereocenters. The second kappa shape index (κ2) is 9.63. The highest BCUT2D eigenvalue weighted by Crippen LogP contribution is 2.33. The van der Waals surface area contributed by atoms with Crippen LogP contribution in [-0.2, 0) is 0 Å². The van der Waals surface area contributed by atoms with Crippen LogP contribution in [0, 0.1) is 17.1 Å². The summed E-state index contributed by atoms with van der Waals surface area (Å²) in [5.74, 6) is 0.753. The van der Waals surface area contributed by atoms with Gasteiger partial charge in [-0.3, -0.25) is 4.98 Å². The first kappa shape index (κ1) is 20.9. The number of ether oxygens (including phenoxy) is 2. The number of aromatic nitrogens is 1. The lowest BCUT2D eigenvalue weighted by atomic mass is 10.1. The van der Waals surface area contributed by atoms with Gasteiger partial charge in [0.25, 0.3) is 0 Å². The van der Waals surface area contributed by atoms with Crippen molar-refractivity contribution in [1.82, 2.24) is 9.88 Å². The molecule has 4 rings (SSSR count). The molecule has 0 radical (unpaired) electrons. The Morgan fingerprint density at radius 1 is 1.10 bits per heavy atom. The second-order valence-electron chi connectivity index (χ2n) is 7.68. The molecule has 7 heteroatoms. The predicted octanol–water partition coefficient (Wildman–Crippen LogP) is 4.87. The quantitative estimate of drug-likeness (QED) is 0.433. The van der Waals surface area contributed by atoms with E-state index in [0.29, 0.717) is 40.3 Å². The minimum atomic E-state index is -0.547. The average molecular weight is 420 g/mol. The van der Waals surface area contributed by atoms with Gasteiger partial charge >= 0.3 is 0 Å². The molecule has 0 bridgehead atoms. The average Bonchev–Trinajstić information content (AvgIpc) is 2.79. The van der Waals surface area contributed by atoms with Gasteiger partial charge in [0.1, 0.15) is 29.1 Å². The van der Waals surface area contributed by atoms with Crippen LogP contribution in [0.3, 0.4) is 0 Å². The van der Waals surface area contributed by atoms with E-state index in [1.54, 1.807) is 30.5 Å². The molecule has 1 saturated heterocycles. The van der Waals surface area contributed by atoms with Crippen LogP contribution in [-0.4, -0.2) is 36.1 Å². The third-order valence-corrected chi connectivity index (χ3v) is 5.45. The molecule has 160 valence electrons. The fourth-order valence-electron chi connectivity index (χ4n) is 3.80. The van der Waals surface area contributed by atoms with Crippen LogP contribution in [0.2, 0.25) is 0 Å².